The highest BCUT2D eigenvalue weighted by molar-refractivity contribution is 5.79. The number of aromatic nitrogens is 2. The summed E-state index contributed by atoms with van der Waals surface area (Å²) in [5, 5.41) is 4.08. The molecule has 1 saturated heterocycles. The third-order valence-corrected chi connectivity index (χ3v) is 4.49. The SMILES string of the molecule is CCOCc1nc(C2CCCN(C(=O)Cc3cccc(C)c3)C2)no1. The summed E-state index contributed by atoms with van der Waals surface area (Å²) >= 11 is 0. The summed E-state index contributed by atoms with van der Waals surface area (Å²) in [4.78, 5) is 19.0. The van der Waals surface area contributed by atoms with Crippen molar-refractivity contribution in [3.8, 4) is 0 Å². The fourth-order valence-electron chi connectivity index (χ4n) is 3.20. The number of ether oxygens (including phenoxy) is 1. The van der Waals surface area contributed by atoms with Crippen LogP contribution < -0.4 is 0 Å². The maximum absolute atomic E-state index is 12.6. The molecule has 6 heteroatoms. The van der Waals surface area contributed by atoms with Crippen molar-refractivity contribution in [3.05, 3.63) is 47.1 Å². The number of likely N-dealkylation sites (tertiary alicyclic amines) is 1. The van der Waals surface area contributed by atoms with Crippen molar-refractivity contribution in [2.75, 3.05) is 19.7 Å². The number of hydrogen-bond acceptors (Lipinski definition) is 5. The van der Waals surface area contributed by atoms with E-state index in [2.05, 4.69) is 16.2 Å². The summed E-state index contributed by atoms with van der Waals surface area (Å²) in [7, 11) is 0. The first kappa shape index (κ1) is 17.6. The standard InChI is InChI=1S/C19H25N3O3/c1-3-24-13-17-20-19(21-25-17)16-8-5-9-22(12-16)18(23)11-15-7-4-6-14(2)10-15/h4,6-7,10,16H,3,5,8-9,11-13H2,1-2H3. The molecule has 1 unspecified atom stereocenters. The van der Waals surface area contributed by atoms with Gasteiger partial charge in [-0.2, -0.15) is 4.98 Å². The number of amides is 1. The van der Waals surface area contributed by atoms with Crippen molar-refractivity contribution in [3.63, 3.8) is 0 Å². The van der Waals surface area contributed by atoms with E-state index in [9.17, 15) is 4.79 Å². The lowest BCUT2D eigenvalue weighted by Gasteiger charge is -2.31. The molecular formula is C19H25N3O3. The minimum atomic E-state index is 0.134. The van der Waals surface area contributed by atoms with Crippen LogP contribution in [-0.4, -0.2) is 40.6 Å². The molecule has 3 rings (SSSR count). The Hall–Kier alpha value is -2.21. The Kier molecular flexibility index (Phi) is 5.81. The number of rotatable bonds is 6. The molecule has 1 amide bonds. The molecule has 1 aromatic carbocycles. The van der Waals surface area contributed by atoms with Crippen molar-refractivity contribution in [2.45, 2.75) is 45.6 Å². The van der Waals surface area contributed by atoms with Gasteiger partial charge < -0.3 is 14.2 Å². The molecule has 2 aromatic rings. The molecular weight excluding hydrogens is 318 g/mol. The highest BCUT2D eigenvalue weighted by atomic mass is 16.5. The summed E-state index contributed by atoms with van der Waals surface area (Å²) in [6.45, 7) is 6.37. The second-order valence-electron chi connectivity index (χ2n) is 6.53. The van der Waals surface area contributed by atoms with Gasteiger partial charge in [0.25, 0.3) is 5.89 Å². The number of hydrogen-bond donors (Lipinski definition) is 0. The van der Waals surface area contributed by atoms with E-state index in [-0.39, 0.29) is 11.8 Å². The molecule has 1 aromatic heterocycles. The summed E-state index contributed by atoms with van der Waals surface area (Å²) in [6, 6.07) is 8.11. The fourth-order valence-corrected chi connectivity index (χ4v) is 3.20. The average Bonchev–Trinajstić information content (AvgIpc) is 3.09. The van der Waals surface area contributed by atoms with E-state index < -0.39 is 0 Å². The van der Waals surface area contributed by atoms with Crippen LogP contribution in [0, 0.1) is 6.92 Å². The van der Waals surface area contributed by atoms with Gasteiger partial charge in [0.1, 0.15) is 6.61 Å². The van der Waals surface area contributed by atoms with Gasteiger partial charge in [-0.25, -0.2) is 0 Å². The van der Waals surface area contributed by atoms with Crippen LogP contribution in [-0.2, 0) is 22.6 Å². The van der Waals surface area contributed by atoms with E-state index in [1.807, 2.05) is 36.9 Å². The first-order chi connectivity index (χ1) is 12.2. The van der Waals surface area contributed by atoms with Gasteiger partial charge >= 0.3 is 0 Å². The van der Waals surface area contributed by atoms with E-state index in [1.54, 1.807) is 0 Å². The third-order valence-electron chi connectivity index (χ3n) is 4.49. The predicted molar refractivity (Wildman–Crippen MR) is 93.1 cm³/mol. The van der Waals surface area contributed by atoms with Crippen molar-refractivity contribution in [1.82, 2.24) is 15.0 Å². The molecule has 0 N–H and O–H groups in total. The van der Waals surface area contributed by atoms with Gasteiger partial charge in [-0.1, -0.05) is 35.0 Å². The highest BCUT2D eigenvalue weighted by Crippen LogP contribution is 2.25. The van der Waals surface area contributed by atoms with Crippen LogP contribution in [0.5, 0.6) is 0 Å². The fraction of sp³-hybridized carbons (Fsp3) is 0.526. The molecule has 0 radical (unpaired) electrons. The summed E-state index contributed by atoms with van der Waals surface area (Å²) in [5.41, 5.74) is 2.24. The molecule has 1 atom stereocenters. The first-order valence-corrected chi connectivity index (χ1v) is 8.89. The lowest BCUT2D eigenvalue weighted by Crippen LogP contribution is -2.40. The molecule has 1 aliphatic heterocycles. The monoisotopic (exact) mass is 343 g/mol. The van der Waals surface area contributed by atoms with Gasteiger partial charge in [-0.05, 0) is 32.3 Å². The van der Waals surface area contributed by atoms with Crippen molar-refractivity contribution < 1.29 is 14.1 Å². The van der Waals surface area contributed by atoms with E-state index in [4.69, 9.17) is 9.26 Å². The van der Waals surface area contributed by atoms with Crippen molar-refractivity contribution >= 4 is 5.91 Å². The maximum atomic E-state index is 12.6. The minimum Gasteiger partial charge on any atom is -0.372 e. The predicted octanol–water partition coefficient (Wildman–Crippen LogP) is 2.86. The number of aryl methyl sites for hydroxylation is 1. The molecule has 2 heterocycles. The number of carbonyl (C=O) groups excluding carboxylic acids is 1. The van der Waals surface area contributed by atoms with Crippen molar-refractivity contribution in [2.24, 2.45) is 0 Å². The Balaban J connectivity index is 1.60. The normalized spacial score (nSPS) is 17.7. The highest BCUT2D eigenvalue weighted by Gasteiger charge is 2.28. The Bertz CT molecular complexity index is 713. The van der Waals surface area contributed by atoms with Crippen molar-refractivity contribution in [1.29, 1.82) is 0 Å². The van der Waals surface area contributed by atoms with E-state index in [0.717, 1.165) is 24.9 Å². The smallest absolute Gasteiger partial charge is 0.252 e. The molecule has 0 saturated carbocycles. The molecule has 25 heavy (non-hydrogen) atoms. The zero-order chi connectivity index (χ0) is 17.6. The number of nitrogens with zero attached hydrogens (tertiary/aromatic N) is 3. The summed E-state index contributed by atoms with van der Waals surface area (Å²) in [6.07, 6.45) is 2.37. The molecule has 134 valence electrons. The number of piperidine rings is 1. The summed E-state index contributed by atoms with van der Waals surface area (Å²) in [5.74, 6) is 1.48. The second-order valence-corrected chi connectivity index (χ2v) is 6.53. The number of carbonyl (C=O) groups is 1. The van der Waals surface area contributed by atoms with Crippen LogP contribution in [0.25, 0.3) is 0 Å². The molecule has 0 bridgehead atoms. The van der Waals surface area contributed by atoms with Crippen LogP contribution in [0.2, 0.25) is 0 Å². The Morgan fingerprint density at radius 2 is 2.32 bits per heavy atom. The average molecular weight is 343 g/mol. The lowest BCUT2D eigenvalue weighted by molar-refractivity contribution is -0.131. The zero-order valence-corrected chi connectivity index (χ0v) is 14.9. The second kappa shape index (κ2) is 8.25. The van der Waals surface area contributed by atoms with Crippen LogP contribution in [0.3, 0.4) is 0 Å². The van der Waals surface area contributed by atoms with Gasteiger partial charge in [0.2, 0.25) is 5.91 Å². The topological polar surface area (TPSA) is 68.5 Å². The summed E-state index contributed by atoms with van der Waals surface area (Å²) < 4.78 is 10.5. The Morgan fingerprint density at radius 1 is 1.44 bits per heavy atom. The van der Waals surface area contributed by atoms with Crippen LogP contribution in [0.1, 0.15) is 48.5 Å². The van der Waals surface area contributed by atoms with Gasteiger partial charge in [-0.3, -0.25) is 4.79 Å². The molecule has 6 nitrogen and oxygen atoms in total. The van der Waals surface area contributed by atoms with Gasteiger partial charge in [0.15, 0.2) is 5.82 Å². The quantitative estimate of drug-likeness (QED) is 0.807. The van der Waals surface area contributed by atoms with Gasteiger partial charge in [0, 0.05) is 25.6 Å². The van der Waals surface area contributed by atoms with E-state index in [0.29, 0.717) is 37.9 Å². The molecule has 1 aliphatic rings. The largest absolute Gasteiger partial charge is 0.372 e. The molecule has 0 spiro atoms. The van der Waals surface area contributed by atoms with Gasteiger partial charge in [0.05, 0.1) is 6.42 Å². The minimum absolute atomic E-state index is 0.134. The Labute approximate surface area is 148 Å². The lowest BCUT2D eigenvalue weighted by atomic mass is 9.96. The number of benzene rings is 1. The van der Waals surface area contributed by atoms with E-state index in [1.165, 1.54) is 5.56 Å². The first-order valence-electron chi connectivity index (χ1n) is 8.89. The zero-order valence-electron chi connectivity index (χ0n) is 14.9. The Morgan fingerprint density at radius 3 is 3.12 bits per heavy atom. The van der Waals surface area contributed by atoms with Crippen LogP contribution in [0.4, 0.5) is 0 Å². The third kappa shape index (κ3) is 4.66. The van der Waals surface area contributed by atoms with Crippen LogP contribution >= 0.6 is 0 Å². The molecule has 1 fully saturated rings. The maximum Gasteiger partial charge on any atom is 0.252 e. The molecule has 0 aliphatic carbocycles. The van der Waals surface area contributed by atoms with Gasteiger partial charge in [-0.15, -0.1) is 0 Å². The van der Waals surface area contributed by atoms with E-state index >= 15 is 0 Å². The van der Waals surface area contributed by atoms with Crippen LogP contribution in [0.15, 0.2) is 28.8 Å².